The van der Waals surface area contributed by atoms with E-state index in [0.29, 0.717) is 24.7 Å². The Kier molecular flexibility index (Phi) is 7.24. The minimum atomic E-state index is -0.811. The number of benzene rings is 1. The van der Waals surface area contributed by atoms with Crippen LogP contribution in [0.25, 0.3) is 0 Å². The van der Waals surface area contributed by atoms with E-state index < -0.39 is 18.1 Å². The first-order valence-corrected chi connectivity index (χ1v) is 9.14. The summed E-state index contributed by atoms with van der Waals surface area (Å²) in [5.41, 5.74) is 0.843. The highest BCUT2D eigenvalue weighted by molar-refractivity contribution is 9.09. The number of hydrogen-bond acceptors (Lipinski definition) is 5. The predicted molar refractivity (Wildman–Crippen MR) is 93.6 cm³/mol. The van der Waals surface area contributed by atoms with Crippen LogP contribution in [0.2, 0.25) is 0 Å². The van der Waals surface area contributed by atoms with Crippen LogP contribution in [-0.2, 0) is 25.7 Å². The number of hydrogen-bond donors (Lipinski definition) is 0. The van der Waals surface area contributed by atoms with Gasteiger partial charge in [-0.2, -0.15) is 0 Å². The van der Waals surface area contributed by atoms with Gasteiger partial charge in [-0.1, -0.05) is 46.3 Å². The molecule has 1 aliphatic heterocycles. The summed E-state index contributed by atoms with van der Waals surface area (Å²) in [6, 6.07) is 8.45. The molecule has 1 aromatic rings. The van der Waals surface area contributed by atoms with Crippen LogP contribution < -0.4 is 0 Å². The molecule has 0 unspecified atom stereocenters. The lowest BCUT2D eigenvalue weighted by Crippen LogP contribution is -2.60. The Balaban J connectivity index is 2.12. The van der Waals surface area contributed by atoms with Crippen LogP contribution in [0.1, 0.15) is 24.8 Å². The summed E-state index contributed by atoms with van der Waals surface area (Å²) < 4.78 is 10.1. The number of carbonyl (C=O) groups excluding carboxylic acids is 3. The van der Waals surface area contributed by atoms with E-state index in [2.05, 4.69) is 15.9 Å². The molecule has 0 aliphatic carbocycles. The number of halogens is 1. The van der Waals surface area contributed by atoms with Gasteiger partial charge in [0.2, 0.25) is 5.91 Å². The molecule has 0 radical (unpaired) electrons. The molecular formula is C17H21BrN2O5. The van der Waals surface area contributed by atoms with Gasteiger partial charge >= 0.3 is 12.1 Å². The van der Waals surface area contributed by atoms with Crippen LogP contribution in [0, 0.1) is 0 Å². The van der Waals surface area contributed by atoms with Gasteiger partial charge in [-0.3, -0.25) is 4.79 Å². The normalized spacial score (nSPS) is 17.1. The average Bonchev–Trinajstić information content (AvgIpc) is 2.65. The van der Waals surface area contributed by atoms with E-state index >= 15 is 0 Å². The molecule has 0 aromatic heterocycles. The molecule has 1 aliphatic rings. The third-order valence-corrected chi connectivity index (χ3v) is 4.25. The van der Waals surface area contributed by atoms with Crippen molar-refractivity contribution in [2.24, 2.45) is 0 Å². The summed E-state index contributed by atoms with van der Waals surface area (Å²) in [6.07, 6.45) is 0.539. The van der Waals surface area contributed by atoms with E-state index in [-0.39, 0.29) is 18.9 Å². The molecule has 1 aromatic carbocycles. The highest BCUT2D eigenvalue weighted by atomic mass is 79.9. The molecule has 0 saturated carbocycles. The van der Waals surface area contributed by atoms with Crippen molar-refractivity contribution in [1.29, 1.82) is 0 Å². The van der Waals surface area contributed by atoms with Crippen LogP contribution in [0.3, 0.4) is 0 Å². The smallest absolute Gasteiger partial charge is 0.429 e. The zero-order valence-electron chi connectivity index (χ0n) is 14.0. The van der Waals surface area contributed by atoms with Gasteiger partial charge in [-0.25, -0.2) is 19.6 Å². The van der Waals surface area contributed by atoms with Crippen LogP contribution in [-0.4, -0.2) is 53.0 Å². The average molecular weight is 413 g/mol. The number of rotatable bonds is 5. The summed E-state index contributed by atoms with van der Waals surface area (Å²) in [4.78, 5) is 37.0. The first-order valence-electron chi connectivity index (χ1n) is 8.02. The molecule has 0 bridgehead atoms. The molecule has 8 heteroatoms. The summed E-state index contributed by atoms with van der Waals surface area (Å²) in [5.74, 6) is -0.868. The van der Waals surface area contributed by atoms with Crippen molar-refractivity contribution < 1.29 is 23.9 Å². The molecule has 1 saturated heterocycles. The first-order chi connectivity index (χ1) is 12.1. The SMILES string of the molecule is COC(=O)[C@@H]1CCCN(C(=O)OCc2ccccc2)N1C(=O)CCBr. The van der Waals surface area contributed by atoms with Gasteiger partial charge in [0.25, 0.3) is 0 Å². The second kappa shape index (κ2) is 9.41. The van der Waals surface area contributed by atoms with E-state index in [1.54, 1.807) is 0 Å². The van der Waals surface area contributed by atoms with Gasteiger partial charge in [-0.05, 0) is 18.4 Å². The van der Waals surface area contributed by atoms with Crippen molar-refractivity contribution in [1.82, 2.24) is 10.0 Å². The topological polar surface area (TPSA) is 76.2 Å². The maximum atomic E-state index is 12.5. The lowest BCUT2D eigenvalue weighted by Gasteiger charge is -2.41. The number of alkyl halides is 1. The van der Waals surface area contributed by atoms with Gasteiger partial charge in [0.1, 0.15) is 6.61 Å². The minimum Gasteiger partial charge on any atom is -0.467 e. The number of hydrazine groups is 1. The monoisotopic (exact) mass is 412 g/mol. The molecule has 2 amide bonds. The lowest BCUT2D eigenvalue weighted by atomic mass is 10.1. The highest BCUT2D eigenvalue weighted by Crippen LogP contribution is 2.22. The molecule has 0 N–H and O–H groups in total. The zero-order valence-corrected chi connectivity index (χ0v) is 15.6. The summed E-state index contributed by atoms with van der Waals surface area (Å²) in [5, 5.41) is 2.83. The summed E-state index contributed by atoms with van der Waals surface area (Å²) >= 11 is 3.21. The van der Waals surface area contributed by atoms with Gasteiger partial charge < -0.3 is 9.47 Å². The quantitative estimate of drug-likeness (QED) is 0.548. The van der Waals surface area contributed by atoms with E-state index in [1.165, 1.54) is 17.1 Å². The Morgan fingerprint density at radius 3 is 2.60 bits per heavy atom. The maximum absolute atomic E-state index is 12.5. The van der Waals surface area contributed by atoms with Gasteiger partial charge in [0, 0.05) is 18.3 Å². The number of carbonyl (C=O) groups is 3. The zero-order chi connectivity index (χ0) is 18.2. The molecule has 7 nitrogen and oxygen atoms in total. The van der Waals surface area contributed by atoms with Crippen molar-refractivity contribution >= 4 is 33.9 Å². The third-order valence-electron chi connectivity index (χ3n) is 3.86. The predicted octanol–water partition coefficient (Wildman–Crippen LogP) is 2.49. The molecule has 25 heavy (non-hydrogen) atoms. The van der Waals surface area contributed by atoms with Gasteiger partial charge in [0.05, 0.1) is 7.11 Å². The van der Waals surface area contributed by atoms with Crippen LogP contribution in [0.5, 0.6) is 0 Å². The maximum Gasteiger partial charge on any atom is 0.429 e. The highest BCUT2D eigenvalue weighted by Gasteiger charge is 2.40. The van der Waals surface area contributed by atoms with E-state index in [4.69, 9.17) is 9.47 Å². The number of amides is 2. The Labute approximate surface area is 155 Å². The second-order valence-corrected chi connectivity index (χ2v) is 6.31. The third kappa shape index (κ3) is 4.94. The molecule has 2 rings (SSSR count). The van der Waals surface area contributed by atoms with E-state index in [1.807, 2.05) is 30.3 Å². The van der Waals surface area contributed by atoms with Crippen molar-refractivity contribution in [3.05, 3.63) is 35.9 Å². The fraction of sp³-hybridized carbons (Fsp3) is 0.471. The Morgan fingerprint density at radius 2 is 1.96 bits per heavy atom. The van der Waals surface area contributed by atoms with Gasteiger partial charge in [0.15, 0.2) is 6.04 Å². The molecule has 1 heterocycles. The second-order valence-electron chi connectivity index (χ2n) is 5.52. The Hall–Kier alpha value is -2.09. The molecule has 1 fully saturated rings. The molecule has 0 spiro atoms. The summed E-state index contributed by atoms with van der Waals surface area (Å²) in [6.45, 7) is 0.411. The lowest BCUT2D eigenvalue weighted by molar-refractivity contribution is -0.172. The Morgan fingerprint density at radius 1 is 1.24 bits per heavy atom. The molecule has 1 atom stereocenters. The van der Waals surface area contributed by atoms with Crippen LogP contribution >= 0.6 is 15.9 Å². The van der Waals surface area contributed by atoms with Crippen molar-refractivity contribution in [3.8, 4) is 0 Å². The van der Waals surface area contributed by atoms with Gasteiger partial charge in [-0.15, -0.1) is 0 Å². The van der Waals surface area contributed by atoms with Crippen molar-refractivity contribution in [2.45, 2.75) is 31.9 Å². The number of methoxy groups -OCH3 is 1. The van der Waals surface area contributed by atoms with Crippen LogP contribution in [0.15, 0.2) is 30.3 Å². The minimum absolute atomic E-state index is 0.0968. The van der Waals surface area contributed by atoms with Crippen molar-refractivity contribution in [3.63, 3.8) is 0 Å². The van der Waals surface area contributed by atoms with E-state index in [9.17, 15) is 14.4 Å². The standard InChI is InChI=1S/C17H21BrN2O5/c1-24-16(22)14-8-5-11-19(20(14)15(21)9-10-18)17(23)25-12-13-6-3-2-4-7-13/h2-4,6-7,14H,5,8-12H2,1H3/t14-/m0/s1. The largest absolute Gasteiger partial charge is 0.467 e. The van der Waals surface area contributed by atoms with E-state index in [0.717, 1.165) is 5.56 Å². The fourth-order valence-electron chi connectivity index (χ4n) is 2.66. The number of ether oxygens (including phenoxy) is 2. The molecular weight excluding hydrogens is 392 g/mol. The van der Waals surface area contributed by atoms with Crippen LogP contribution in [0.4, 0.5) is 4.79 Å². The summed E-state index contributed by atoms with van der Waals surface area (Å²) in [7, 11) is 1.27. The number of esters is 1. The van der Waals surface area contributed by atoms with Crippen molar-refractivity contribution in [2.75, 3.05) is 19.0 Å². The fourth-order valence-corrected chi connectivity index (χ4v) is 3.00. The number of nitrogens with zero attached hydrogens (tertiary/aromatic N) is 2. The Bertz CT molecular complexity index is 610. The first kappa shape index (κ1) is 19.2. The molecule has 136 valence electrons.